The highest BCUT2D eigenvalue weighted by atomic mass is 79.9. The largest absolute Gasteiger partial charge is 0.478 e. The van der Waals surface area contributed by atoms with Crippen LogP contribution in [0.4, 0.5) is 0 Å². The van der Waals surface area contributed by atoms with Crippen molar-refractivity contribution in [3.8, 4) is 0 Å². The number of aromatic carboxylic acids is 1. The van der Waals surface area contributed by atoms with E-state index in [0.29, 0.717) is 4.47 Å². The molecule has 0 aliphatic heterocycles. The van der Waals surface area contributed by atoms with Crippen LogP contribution in [0.3, 0.4) is 0 Å². The summed E-state index contributed by atoms with van der Waals surface area (Å²) in [5.41, 5.74) is -0.0270. The Hall–Kier alpha value is -0.730. The molecule has 0 fully saturated rings. The van der Waals surface area contributed by atoms with Crippen LogP contribution < -0.4 is 0 Å². The van der Waals surface area contributed by atoms with Crippen LogP contribution in [0.25, 0.3) is 0 Å². The van der Waals surface area contributed by atoms with Crippen LogP contribution in [-0.4, -0.2) is 41.5 Å². The van der Waals surface area contributed by atoms with Gasteiger partial charge in [-0.2, -0.15) is 0 Å². The predicted molar refractivity (Wildman–Crippen MR) is 76.7 cm³/mol. The smallest absolute Gasteiger partial charge is 0.336 e. The summed E-state index contributed by atoms with van der Waals surface area (Å²) in [6, 6.07) is 4.41. The minimum Gasteiger partial charge on any atom is -0.478 e. The van der Waals surface area contributed by atoms with Crippen LogP contribution in [0.5, 0.6) is 0 Å². The van der Waals surface area contributed by atoms with E-state index in [4.69, 9.17) is 5.11 Å². The summed E-state index contributed by atoms with van der Waals surface area (Å²) in [4.78, 5) is 11.2. The fourth-order valence-electron chi connectivity index (χ4n) is 1.42. The van der Waals surface area contributed by atoms with Gasteiger partial charge in [0.15, 0.2) is 0 Å². The third-order valence-electron chi connectivity index (χ3n) is 2.26. The van der Waals surface area contributed by atoms with Crippen molar-refractivity contribution in [1.29, 1.82) is 0 Å². The van der Waals surface area contributed by atoms with Gasteiger partial charge in [0.2, 0.25) is 0 Å². The van der Waals surface area contributed by atoms with E-state index in [-0.39, 0.29) is 28.4 Å². The topological polar surface area (TPSA) is 88.5 Å². The van der Waals surface area contributed by atoms with Gasteiger partial charge in [-0.3, -0.25) is 4.21 Å². The molecule has 0 bridgehead atoms. The van der Waals surface area contributed by atoms with E-state index in [0.717, 1.165) is 6.26 Å². The highest BCUT2D eigenvalue weighted by molar-refractivity contribution is 9.10. The summed E-state index contributed by atoms with van der Waals surface area (Å²) in [5.74, 6) is -1.10. The van der Waals surface area contributed by atoms with Crippen molar-refractivity contribution in [3.63, 3.8) is 0 Å². The second-order valence-electron chi connectivity index (χ2n) is 3.98. The first-order valence-corrected chi connectivity index (χ1v) is 9.47. The monoisotopic (exact) mass is 368 g/mol. The molecule has 0 aromatic heterocycles. The highest BCUT2D eigenvalue weighted by Crippen LogP contribution is 2.20. The molecule has 1 aromatic rings. The van der Waals surface area contributed by atoms with Gasteiger partial charge in [-0.15, -0.1) is 0 Å². The highest BCUT2D eigenvalue weighted by Gasteiger charge is 2.16. The second kappa shape index (κ2) is 6.62. The standard InChI is InChI=1S/C11H13BrO5S2/c1-19(16,17)6-2-5-18(15)10-7-8(12)3-4-9(10)11(13)14/h3-4,7H,2,5-6H2,1H3,(H,13,14). The van der Waals surface area contributed by atoms with E-state index < -0.39 is 26.6 Å². The molecule has 0 radical (unpaired) electrons. The summed E-state index contributed by atoms with van der Waals surface area (Å²) in [6.45, 7) is 0. The molecule has 1 aromatic carbocycles. The summed E-state index contributed by atoms with van der Waals surface area (Å²) in [7, 11) is -4.63. The van der Waals surface area contributed by atoms with E-state index in [9.17, 15) is 17.4 Å². The molecular formula is C11H13BrO5S2. The number of rotatable bonds is 6. The fourth-order valence-corrected chi connectivity index (χ4v) is 4.07. The Balaban J connectivity index is 2.87. The quantitative estimate of drug-likeness (QED) is 0.825. The zero-order valence-corrected chi connectivity index (χ0v) is 13.3. The van der Waals surface area contributed by atoms with Crippen LogP contribution in [0.15, 0.2) is 27.6 Å². The molecule has 5 nitrogen and oxygen atoms in total. The van der Waals surface area contributed by atoms with Crippen LogP contribution in [0, 0.1) is 0 Å². The van der Waals surface area contributed by atoms with Gasteiger partial charge in [-0.1, -0.05) is 15.9 Å². The van der Waals surface area contributed by atoms with E-state index in [2.05, 4.69) is 15.9 Å². The zero-order valence-electron chi connectivity index (χ0n) is 10.1. The molecule has 0 aliphatic rings. The first kappa shape index (κ1) is 16.3. The lowest BCUT2D eigenvalue weighted by Gasteiger charge is -2.06. The number of benzene rings is 1. The maximum Gasteiger partial charge on any atom is 0.336 e. The Labute approximate surface area is 122 Å². The normalized spacial score (nSPS) is 13.2. The van der Waals surface area contributed by atoms with E-state index in [1.54, 1.807) is 6.07 Å². The SMILES string of the molecule is CS(=O)(=O)CCCS(=O)c1cc(Br)ccc1C(=O)O. The molecule has 1 atom stereocenters. The van der Waals surface area contributed by atoms with Crippen molar-refractivity contribution in [2.24, 2.45) is 0 Å². The minimum atomic E-state index is -3.10. The Morgan fingerprint density at radius 1 is 1.42 bits per heavy atom. The maximum absolute atomic E-state index is 12.0. The summed E-state index contributed by atoms with van der Waals surface area (Å²) < 4.78 is 34.6. The van der Waals surface area contributed by atoms with Crippen molar-refractivity contribution in [2.75, 3.05) is 17.8 Å². The van der Waals surface area contributed by atoms with Crippen molar-refractivity contribution < 1.29 is 22.5 Å². The van der Waals surface area contributed by atoms with Gasteiger partial charge >= 0.3 is 5.97 Å². The molecule has 0 aliphatic carbocycles. The molecule has 106 valence electrons. The van der Waals surface area contributed by atoms with E-state index >= 15 is 0 Å². The van der Waals surface area contributed by atoms with Crippen LogP contribution >= 0.6 is 15.9 Å². The van der Waals surface area contributed by atoms with Crippen molar-refractivity contribution >= 4 is 42.5 Å². The maximum atomic E-state index is 12.0. The fraction of sp³-hybridized carbons (Fsp3) is 0.364. The lowest BCUT2D eigenvalue weighted by atomic mass is 10.2. The van der Waals surface area contributed by atoms with Crippen molar-refractivity contribution in [1.82, 2.24) is 0 Å². The van der Waals surface area contributed by atoms with Crippen LogP contribution in [0.2, 0.25) is 0 Å². The molecule has 0 saturated carbocycles. The molecule has 1 N–H and O–H groups in total. The minimum absolute atomic E-state index is 0.0270. The van der Waals surface area contributed by atoms with Gasteiger partial charge in [0.05, 0.1) is 27.0 Å². The molecule has 8 heteroatoms. The number of halogens is 1. The Kier molecular flexibility index (Phi) is 5.69. The number of carboxylic acids is 1. The van der Waals surface area contributed by atoms with Gasteiger partial charge in [0.1, 0.15) is 9.84 Å². The van der Waals surface area contributed by atoms with E-state index in [1.165, 1.54) is 12.1 Å². The number of hydrogen-bond donors (Lipinski definition) is 1. The number of sulfone groups is 1. The first-order chi connectivity index (χ1) is 8.70. The van der Waals surface area contributed by atoms with Crippen molar-refractivity contribution in [3.05, 3.63) is 28.2 Å². The Morgan fingerprint density at radius 2 is 2.05 bits per heavy atom. The van der Waals surface area contributed by atoms with E-state index in [1.807, 2.05) is 0 Å². The predicted octanol–water partition coefficient (Wildman–Crippen LogP) is 1.69. The van der Waals surface area contributed by atoms with Crippen LogP contribution in [-0.2, 0) is 20.6 Å². The Morgan fingerprint density at radius 3 is 2.58 bits per heavy atom. The van der Waals surface area contributed by atoms with Crippen LogP contribution in [0.1, 0.15) is 16.8 Å². The Bertz CT molecular complexity index is 610. The van der Waals surface area contributed by atoms with Gasteiger partial charge in [-0.25, -0.2) is 13.2 Å². The molecule has 19 heavy (non-hydrogen) atoms. The summed E-state index contributed by atoms with van der Waals surface area (Å²) in [5, 5.41) is 9.01. The molecule has 0 saturated heterocycles. The average Bonchev–Trinajstić information content (AvgIpc) is 2.26. The molecule has 0 spiro atoms. The number of carbonyl (C=O) groups is 1. The summed E-state index contributed by atoms with van der Waals surface area (Å²) >= 11 is 3.19. The third kappa shape index (κ3) is 5.42. The second-order valence-corrected chi connectivity index (χ2v) is 8.69. The molecule has 1 unspecified atom stereocenters. The zero-order chi connectivity index (χ0) is 14.6. The number of carboxylic acid groups (broad SMARTS) is 1. The molecule has 1 rings (SSSR count). The average molecular weight is 369 g/mol. The third-order valence-corrected chi connectivity index (χ3v) is 5.28. The van der Waals surface area contributed by atoms with Gasteiger partial charge in [-0.05, 0) is 24.6 Å². The van der Waals surface area contributed by atoms with Gasteiger partial charge in [0, 0.05) is 16.5 Å². The first-order valence-electron chi connectivity index (χ1n) is 5.29. The lowest BCUT2D eigenvalue weighted by molar-refractivity contribution is 0.0693. The van der Waals surface area contributed by atoms with Gasteiger partial charge < -0.3 is 5.11 Å². The molecular weight excluding hydrogens is 356 g/mol. The molecule has 0 amide bonds. The molecule has 0 heterocycles. The lowest BCUT2D eigenvalue weighted by Crippen LogP contribution is -2.10. The van der Waals surface area contributed by atoms with Gasteiger partial charge in [0.25, 0.3) is 0 Å². The number of hydrogen-bond acceptors (Lipinski definition) is 4. The van der Waals surface area contributed by atoms with Crippen molar-refractivity contribution in [2.45, 2.75) is 11.3 Å². The summed E-state index contributed by atoms with van der Waals surface area (Å²) in [6.07, 6.45) is 1.34.